The van der Waals surface area contributed by atoms with Crippen molar-refractivity contribution in [1.29, 1.82) is 0 Å². The fourth-order valence-electron chi connectivity index (χ4n) is 3.53. The van der Waals surface area contributed by atoms with Gasteiger partial charge in [0.2, 0.25) is 5.91 Å². The molecule has 0 unspecified atom stereocenters. The van der Waals surface area contributed by atoms with E-state index in [9.17, 15) is 4.79 Å². The van der Waals surface area contributed by atoms with Crippen LogP contribution in [0.3, 0.4) is 0 Å². The number of fused-ring (bicyclic) bond motifs is 1. The smallest absolute Gasteiger partial charge is 0.237 e. The summed E-state index contributed by atoms with van der Waals surface area (Å²) < 4.78 is 6.51. The highest BCUT2D eigenvalue weighted by atomic mass is 32.1. The number of nitrogens with zero attached hydrogens (tertiary/aromatic N) is 2. The molecule has 146 valence electrons. The number of benzene rings is 3. The summed E-state index contributed by atoms with van der Waals surface area (Å²) in [4.78, 5) is 20.1. The van der Waals surface area contributed by atoms with Gasteiger partial charge in [-0.05, 0) is 43.2 Å². The van der Waals surface area contributed by atoms with Crippen molar-refractivity contribution < 1.29 is 9.53 Å². The van der Waals surface area contributed by atoms with Gasteiger partial charge in [0.1, 0.15) is 5.75 Å². The van der Waals surface area contributed by atoms with Gasteiger partial charge in [0.15, 0.2) is 5.13 Å². The first-order chi connectivity index (χ1) is 14.1. The van der Waals surface area contributed by atoms with Crippen LogP contribution in [-0.2, 0) is 11.2 Å². The first-order valence-electron chi connectivity index (χ1n) is 9.45. The van der Waals surface area contributed by atoms with Gasteiger partial charge in [-0.3, -0.25) is 9.69 Å². The summed E-state index contributed by atoms with van der Waals surface area (Å²) in [6, 6.07) is 21.7. The second-order valence-corrected chi connectivity index (χ2v) is 7.93. The van der Waals surface area contributed by atoms with E-state index in [-0.39, 0.29) is 12.3 Å². The van der Waals surface area contributed by atoms with E-state index in [0.717, 1.165) is 32.6 Å². The van der Waals surface area contributed by atoms with Crippen LogP contribution >= 0.6 is 11.3 Å². The number of carbonyl (C=O) groups is 1. The minimum absolute atomic E-state index is 0.0362. The Morgan fingerprint density at radius 3 is 2.38 bits per heavy atom. The number of aryl methyl sites for hydroxylation is 2. The Hall–Kier alpha value is -3.18. The Bertz CT molecular complexity index is 1130. The monoisotopic (exact) mass is 402 g/mol. The maximum absolute atomic E-state index is 13.6. The van der Waals surface area contributed by atoms with Gasteiger partial charge in [-0.25, -0.2) is 4.98 Å². The molecule has 0 aliphatic heterocycles. The minimum atomic E-state index is -0.0362. The van der Waals surface area contributed by atoms with Crippen LogP contribution in [0.25, 0.3) is 10.2 Å². The number of anilines is 2. The standard InChI is InChI=1S/C24H22N2O2S/c1-16-9-8-10-17(2)23(16)26(24-25-19-12-5-7-14-21(19)29-24)22(27)15-18-11-4-6-13-20(18)28-3/h4-14H,15H2,1-3H3. The van der Waals surface area contributed by atoms with Crippen molar-refractivity contribution in [2.45, 2.75) is 20.3 Å². The third kappa shape index (κ3) is 3.74. The maximum Gasteiger partial charge on any atom is 0.237 e. The third-order valence-electron chi connectivity index (χ3n) is 4.92. The first kappa shape index (κ1) is 19.2. The number of thiazole rings is 1. The molecule has 1 amide bonds. The molecule has 29 heavy (non-hydrogen) atoms. The van der Waals surface area contributed by atoms with E-state index < -0.39 is 0 Å². The highest BCUT2D eigenvalue weighted by Crippen LogP contribution is 2.37. The predicted molar refractivity (Wildman–Crippen MR) is 119 cm³/mol. The second-order valence-electron chi connectivity index (χ2n) is 6.92. The van der Waals surface area contributed by atoms with Crippen LogP contribution < -0.4 is 9.64 Å². The zero-order valence-corrected chi connectivity index (χ0v) is 17.5. The molecule has 0 saturated carbocycles. The summed E-state index contributed by atoms with van der Waals surface area (Å²) >= 11 is 1.53. The van der Waals surface area contributed by atoms with Gasteiger partial charge in [0.05, 0.1) is 29.4 Å². The van der Waals surface area contributed by atoms with Crippen LogP contribution in [0, 0.1) is 13.8 Å². The Morgan fingerprint density at radius 1 is 0.966 bits per heavy atom. The van der Waals surface area contributed by atoms with Crippen LogP contribution in [0.2, 0.25) is 0 Å². The zero-order valence-electron chi connectivity index (χ0n) is 16.7. The molecule has 1 heterocycles. The average Bonchev–Trinajstić information content (AvgIpc) is 3.14. The van der Waals surface area contributed by atoms with E-state index >= 15 is 0 Å². The highest BCUT2D eigenvalue weighted by molar-refractivity contribution is 7.22. The Morgan fingerprint density at radius 2 is 1.66 bits per heavy atom. The fraction of sp³-hybridized carbons (Fsp3) is 0.167. The largest absolute Gasteiger partial charge is 0.496 e. The Labute approximate surface area is 174 Å². The van der Waals surface area contributed by atoms with Crippen LogP contribution in [0.1, 0.15) is 16.7 Å². The Kier molecular flexibility index (Phi) is 5.32. The topological polar surface area (TPSA) is 42.4 Å². The first-order valence-corrected chi connectivity index (χ1v) is 10.3. The third-order valence-corrected chi connectivity index (χ3v) is 5.94. The molecule has 0 spiro atoms. The van der Waals surface area contributed by atoms with Crippen molar-refractivity contribution in [2.75, 3.05) is 12.0 Å². The fourth-order valence-corrected chi connectivity index (χ4v) is 4.52. The van der Waals surface area contributed by atoms with Crippen molar-refractivity contribution >= 4 is 38.3 Å². The second kappa shape index (κ2) is 8.05. The molecule has 4 nitrogen and oxygen atoms in total. The molecule has 0 aliphatic carbocycles. The van der Waals surface area contributed by atoms with Crippen LogP contribution in [-0.4, -0.2) is 18.0 Å². The van der Waals surface area contributed by atoms with E-state index in [1.807, 2.05) is 80.6 Å². The molecule has 5 heteroatoms. The summed E-state index contributed by atoms with van der Waals surface area (Å²) in [6.45, 7) is 4.05. The number of rotatable bonds is 5. The number of amides is 1. The molecular weight excluding hydrogens is 380 g/mol. The van der Waals surface area contributed by atoms with Crippen LogP contribution in [0.4, 0.5) is 10.8 Å². The number of hydrogen-bond acceptors (Lipinski definition) is 4. The molecule has 1 aromatic heterocycles. The summed E-state index contributed by atoms with van der Waals surface area (Å²) in [7, 11) is 1.63. The van der Waals surface area contributed by atoms with Gasteiger partial charge in [-0.2, -0.15) is 0 Å². The normalized spacial score (nSPS) is 10.9. The molecule has 0 fully saturated rings. The molecule has 0 saturated heterocycles. The number of para-hydroxylation sites is 3. The van der Waals surface area contributed by atoms with E-state index in [2.05, 4.69) is 0 Å². The summed E-state index contributed by atoms with van der Waals surface area (Å²) in [6.07, 6.45) is 0.230. The van der Waals surface area contributed by atoms with E-state index in [1.54, 1.807) is 12.0 Å². The number of ether oxygens (including phenoxy) is 1. The summed E-state index contributed by atoms with van der Waals surface area (Å²) in [5, 5.41) is 0.684. The lowest BCUT2D eigenvalue weighted by Crippen LogP contribution is -2.29. The van der Waals surface area contributed by atoms with Crippen molar-refractivity contribution in [3.05, 3.63) is 83.4 Å². The highest BCUT2D eigenvalue weighted by Gasteiger charge is 2.25. The number of carbonyl (C=O) groups excluding carboxylic acids is 1. The van der Waals surface area contributed by atoms with Crippen molar-refractivity contribution in [3.8, 4) is 5.75 Å². The lowest BCUT2D eigenvalue weighted by Gasteiger charge is -2.24. The van der Waals surface area contributed by atoms with Crippen LogP contribution in [0.15, 0.2) is 66.7 Å². The molecule has 3 aromatic carbocycles. The van der Waals surface area contributed by atoms with E-state index in [1.165, 1.54) is 11.3 Å². The summed E-state index contributed by atoms with van der Waals surface area (Å²) in [5.41, 5.74) is 4.73. The van der Waals surface area contributed by atoms with Gasteiger partial charge in [0, 0.05) is 5.56 Å². The quantitative estimate of drug-likeness (QED) is 0.422. The number of hydrogen-bond donors (Lipinski definition) is 0. The lowest BCUT2D eigenvalue weighted by atomic mass is 10.1. The molecule has 0 bridgehead atoms. The van der Waals surface area contributed by atoms with E-state index in [4.69, 9.17) is 9.72 Å². The van der Waals surface area contributed by atoms with Gasteiger partial charge >= 0.3 is 0 Å². The zero-order chi connectivity index (χ0) is 20.4. The SMILES string of the molecule is COc1ccccc1CC(=O)N(c1nc2ccccc2s1)c1c(C)cccc1C. The number of aromatic nitrogens is 1. The maximum atomic E-state index is 13.6. The molecule has 0 N–H and O–H groups in total. The van der Waals surface area contributed by atoms with Gasteiger partial charge in [-0.15, -0.1) is 0 Å². The van der Waals surface area contributed by atoms with Crippen LogP contribution in [0.5, 0.6) is 5.75 Å². The molecule has 0 atom stereocenters. The van der Waals surface area contributed by atoms with Crippen molar-refractivity contribution in [2.24, 2.45) is 0 Å². The molecule has 4 aromatic rings. The lowest BCUT2D eigenvalue weighted by molar-refractivity contribution is -0.117. The predicted octanol–water partition coefficient (Wildman–Crippen LogP) is 5.83. The van der Waals surface area contributed by atoms with Gasteiger partial charge in [-0.1, -0.05) is 59.9 Å². The van der Waals surface area contributed by atoms with Gasteiger partial charge in [0.25, 0.3) is 0 Å². The minimum Gasteiger partial charge on any atom is -0.496 e. The molecule has 0 radical (unpaired) electrons. The molecule has 4 rings (SSSR count). The summed E-state index contributed by atoms with van der Waals surface area (Å²) in [5.74, 6) is 0.678. The van der Waals surface area contributed by atoms with Crippen molar-refractivity contribution in [3.63, 3.8) is 0 Å². The average molecular weight is 403 g/mol. The van der Waals surface area contributed by atoms with Crippen molar-refractivity contribution in [1.82, 2.24) is 4.98 Å². The Balaban J connectivity index is 1.83. The molecule has 0 aliphatic rings. The van der Waals surface area contributed by atoms with E-state index in [0.29, 0.717) is 10.9 Å². The van der Waals surface area contributed by atoms with Gasteiger partial charge < -0.3 is 4.74 Å². The molecular formula is C24H22N2O2S. The number of methoxy groups -OCH3 is 1.